The lowest BCUT2D eigenvalue weighted by Crippen LogP contribution is -2.27. The summed E-state index contributed by atoms with van der Waals surface area (Å²) in [5, 5.41) is 7.85. The third-order valence-electron chi connectivity index (χ3n) is 6.29. The van der Waals surface area contributed by atoms with Gasteiger partial charge in [0.05, 0.1) is 34.6 Å². The fourth-order valence-corrected chi connectivity index (χ4v) is 4.70. The molecule has 0 amide bonds. The number of H-pyrrole nitrogens is 1. The summed E-state index contributed by atoms with van der Waals surface area (Å²) >= 11 is 0. The van der Waals surface area contributed by atoms with Gasteiger partial charge in [0.2, 0.25) is 0 Å². The summed E-state index contributed by atoms with van der Waals surface area (Å²) in [4.78, 5) is 27.1. The Bertz CT molecular complexity index is 1470. The summed E-state index contributed by atoms with van der Waals surface area (Å²) in [5.41, 5.74) is 5.74. The number of hydrogen-bond donors (Lipinski definition) is 1. The van der Waals surface area contributed by atoms with Crippen LogP contribution in [0.3, 0.4) is 0 Å². The first-order valence-corrected chi connectivity index (χ1v) is 10.4. The Morgan fingerprint density at radius 1 is 1.07 bits per heavy atom. The molecule has 0 atom stereocenters. The number of fused-ring (bicyclic) bond motifs is 4. The number of nitrogens with zero attached hydrogens (tertiary/aromatic N) is 6. The topological polar surface area (TPSA) is 94.3 Å². The van der Waals surface area contributed by atoms with Crippen molar-refractivity contribution in [2.45, 2.75) is 38.1 Å². The van der Waals surface area contributed by atoms with E-state index in [1.54, 1.807) is 23.2 Å². The van der Waals surface area contributed by atoms with Crippen LogP contribution < -0.4 is 5.69 Å². The van der Waals surface area contributed by atoms with E-state index in [1.165, 1.54) is 6.42 Å². The highest BCUT2D eigenvalue weighted by Gasteiger charge is 2.24. The van der Waals surface area contributed by atoms with Crippen LogP contribution in [-0.2, 0) is 7.05 Å². The van der Waals surface area contributed by atoms with Crippen LogP contribution in [0.2, 0.25) is 0 Å². The molecule has 0 aliphatic heterocycles. The smallest absolute Gasteiger partial charge is 0.293 e. The van der Waals surface area contributed by atoms with Crippen molar-refractivity contribution in [1.29, 1.82) is 0 Å². The van der Waals surface area contributed by atoms with Crippen molar-refractivity contribution in [2.75, 3.05) is 0 Å². The first-order valence-electron chi connectivity index (χ1n) is 10.4. The molecule has 1 saturated carbocycles. The lowest BCUT2D eigenvalue weighted by Gasteiger charge is -2.23. The van der Waals surface area contributed by atoms with Gasteiger partial charge in [-0.25, -0.2) is 14.8 Å². The highest BCUT2D eigenvalue weighted by Crippen LogP contribution is 2.32. The van der Waals surface area contributed by atoms with Crippen molar-refractivity contribution in [3.63, 3.8) is 0 Å². The van der Waals surface area contributed by atoms with Gasteiger partial charge in [-0.1, -0.05) is 19.3 Å². The van der Waals surface area contributed by atoms with Gasteiger partial charge in [-0.15, -0.1) is 0 Å². The molecule has 0 saturated heterocycles. The lowest BCUT2D eigenvalue weighted by atomic mass is 9.95. The predicted molar refractivity (Wildman–Crippen MR) is 115 cm³/mol. The summed E-state index contributed by atoms with van der Waals surface area (Å²) in [6.45, 7) is 0. The Balaban J connectivity index is 1.62. The number of nitrogens with one attached hydrogen (secondary N) is 1. The Kier molecular flexibility index (Phi) is 3.74. The molecule has 0 radical (unpaired) electrons. The zero-order chi connectivity index (χ0) is 20.2. The van der Waals surface area contributed by atoms with Gasteiger partial charge in [-0.2, -0.15) is 5.10 Å². The maximum atomic E-state index is 13.2. The maximum Gasteiger partial charge on any atom is 0.329 e. The van der Waals surface area contributed by atoms with Crippen LogP contribution in [0.1, 0.15) is 38.1 Å². The average Bonchev–Trinajstić information content (AvgIpc) is 3.36. The van der Waals surface area contributed by atoms with Crippen molar-refractivity contribution in [1.82, 2.24) is 34.3 Å². The second-order valence-electron chi connectivity index (χ2n) is 8.09. The average molecular weight is 399 g/mol. The number of aryl methyl sites for hydroxylation is 1. The molecule has 1 aliphatic carbocycles. The standard InChI is InChI=1S/C22H21N7O/c1-28-18-12-23-17-8-7-16(13-9-14-11-25-27-21(14)24-10-13)26-19(17)20(18)29(22(28)30)15-5-3-2-4-6-15/h7-12,15H,2-6H2,1H3,(H,24,25,27). The number of aromatic amines is 1. The molecule has 5 aromatic heterocycles. The summed E-state index contributed by atoms with van der Waals surface area (Å²) < 4.78 is 3.66. The molecular formula is C22H21N7O. The minimum absolute atomic E-state index is 0.0138. The van der Waals surface area contributed by atoms with Gasteiger partial charge in [0, 0.05) is 30.2 Å². The fourth-order valence-electron chi connectivity index (χ4n) is 4.70. The molecule has 8 heteroatoms. The van der Waals surface area contributed by atoms with Crippen LogP contribution in [-0.4, -0.2) is 34.3 Å². The van der Waals surface area contributed by atoms with E-state index in [0.717, 1.165) is 70.0 Å². The summed E-state index contributed by atoms with van der Waals surface area (Å²) in [5.74, 6) is 0. The van der Waals surface area contributed by atoms with E-state index in [-0.39, 0.29) is 11.7 Å². The van der Waals surface area contributed by atoms with Gasteiger partial charge in [-0.05, 0) is 31.0 Å². The van der Waals surface area contributed by atoms with Crippen molar-refractivity contribution >= 4 is 33.1 Å². The molecule has 1 N–H and O–H groups in total. The number of pyridine rings is 3. The minimum atomic E-state index is 0.0138. The SMILES string of the molecule is Cn1c(=O)n(C2CCCCC2)c2c3nc(-c4cnc5[nH]ncc5c4)ccc3ncc21. The highest BCUT2D eigenvalue weighted by molar-refractivity contribution is 6.00. The zero-order valence-corrected chi connectivity index (χ0v) is 16.7. The van der Waals surface area contributed by atoms with Crippen LogP contribution in [0.15, 0.2) is 41.6 Å². The molecular weight excluding hydrogens is 378 g/mol. The normalized spacial score (nSPS) is 15.5. The molecule has 5 aromatic rings. The lowest BCUT2D eigenvalue weighted by molar-refractivity contribution is 0.351. The van der Waals surface area contributed by atoms with E-state index < -0.39 is 0 Å². The van der Waals surface area contributed by atoms with Crippen LogP contribution in [0, 0.1) is 0 Å². The van der Waals surface area contributed by atoms with Crippen LogP contribution in [0.25, 0.3) is 44.4 Å². The summed E-state index contributed by atoms with van der Waals surface area (Å²) in [6.07, 6.45) is 11.0. The zero-order valence-electron chi connectivity index (χ0n) is 16.7. The number of aromatic nitrogens is 7. The van der Waals surface area contributed by atoms with E-state index in [4.69, 9.17) is 4.98 Å². The molecule has 0 unspecified atom stereocenters. The Hall–Kier alpha value is -3.55. The molecule has 0 bridgehead atoms. The molecule has 5 heterocycles. The van der Waals surface area contributed by atoms with Crippen LogP contribution in [0.5, 0.6) is 0 Å². The molecule has 8 nitrogen and oxygen atoms in total. The van der Waals surface area contributed by atoms with Crippen molar-refractivity contribution < 1.29 is 0 Å². The first kappa shape index (κ1) is 17.3. The largest absolute Gasteiger partial charge is 0.329 e. The van der Waals surface area contributed by atoms with Crippen LogP contribution >= 0.6 is 0 Å². The molecule has 1 aliphatic rings. The van der Waals surface area contributed by atoms with Gasteiger partial charge in [-0.3, -0.25) is 19.2 Å². The van der Waals surface area contributed by atoms with Crippen molar-refractivity contribution in [2.24, 2.45) is 7.05 Å². The van der Waals surface area contributed by atoms with E-state index in [0.29, 0.717) is 0 Å². The van der Waals surface area contributed by atoms with Crippen LogP contribution in [0.4, 0.5) is 0 Å². The van der Waals surface area contributed by atoms with Crippen molar-refractivity contribution in [3.8, 4) is 11.3 Å². The van der Waals surface area contributed by atoms with Crippen molar-refractivity contribution in [3.05, 3.63) is 47.3 Å². The van der Waals surface area contributed by atoms with Gasteiger partial charge in [0.15, 0.2) is 5.65 Å². The second-order valence-corrected chi connectivity index (χ2v) is 8.09. The third kappa shape index (κ3) is 2.49. The fraction of sp³-hybridized carbons (Fsp3) is 0.318. The number of imidazole rings is 1. The highest BCUT2D eigenvalue weighted by atomic mass is 16.1. The summed E-state index contributed by atoms with van der Waals surface area (Å²) in [6, 6.07) is 6.16. The quantitative estimate of drug-likeness (QED) is 0.488. The molecule has 6 rings (SSSR count). The summed E-state index contributed by atoms with van der Waals surface area (Å²) in [7, 11) is 1.82. The number of hydrogen-bond acceptors (Lipinski definition) is 5. The molecule has 0 spiro atoms. The third-order valence-corrected chi connectivity index (χ3v) is 6.29. The maximum absolute atomic E-state index is 13.2. The molecule has 30 heavy (non-hydrogen) atoms. The van der Waals surface area contributed by atoms with Gasteiger partial charge < -0.3 is 0 Å². The molecule has 1 fully saturated rings. The van der Waals surface area contributed by atoms with E-state index in [1.807, 2.05) is 29.8 Å². The Morgan fingerprint density at radius 2 is 1.93 bits per heavy atom. The molecule has 150 valence electrons. The monoisotopic (exact) mass is 399 g/mol. The second kappa shape index (κ2) is 6.48. The molecule has 0 aromatic carbocycles. The Labute approximate surface area is 171 Å². The van der Waals surface area contributed by atoms with E-state index >= 15 is 0 Å². The van der Waals surface area contributed by atoms with E-state index in [9.17, 15) is 4.79 Å². The first-order chi connectivity index (χ1) is 14.7. The number of rotatable bonds is 2. The van der Waals surface area contributed by atoms with Gasteiger partial charge in [0.25, 0.3) is 0 Å². The van der Waals surface area contributed by atoms with Gasteiger partial charge in [0.1, 0.15) is 5.52 Å². The van der Waals surface area contributed by atoms with E-state index in [2.05, 4.69) is 20.2 Å². The predicted octanol–water partition coefficient (Wildman–Crippen LogP) is 3.73. The van der Waals surface area contributed by atoms with Gasteiger partial charge >= 0.3 is 5.69 Å². The minimum Gasteiger partial charge on any atom is -0.293 e. The Morgan fingerprint density at radius 3 is 2.80 bits per heavy atom.